The molecule has 2 aromatic rings. The van der Waals surface area contributed by atoms with Gasteiger partial charge in [0.1, 0.15) is 5.52 Å². The van der Waals surface area contributed by atoms with Crippen LogP contribution in [-0.2, 0) is 11.2 Å². The number of hydrogen-bond acceptors (Lipinski definition) is 4. The van der Waals surface area contributed by atoms with Gasteiger partial charge in [-0.15, -0.1) is 0 Å². The Hall–Kier alpha value is -1.20. The molecule has 0 fully saturated rings. The van der Waals surface area contributed by atoms with Crippen molar-refractivity contribution >= 4 is 32.8 Å². The van der Waals surface area contributed by atoms with Crippen molar-refractivity contribution in [3.8, 4) is 0 Å². The minimum absolute atomic E-state index is 0.00837. The van der Waals surface area contributed by atoms with Crippen molar-refractivity contribution in [1.82, 2.24) is 4.98 Å². The van der Waals surface area contributed by atoms with Crippen LogP contribution in [0.2, 0.25) is 0 Å². The maximum absolute atomic E-state index is 11.3. The molecule has 5 heteroatoms. The molecule has 1 heterocycles. The third-order valence-electron chi connectivity index (χ3n) is 2.42. The average Bonchev–Trinajstić information content (AvgIpc) is 2.69. The second-order valence-electron chi connectivity index (χ2n) is 3.71. The third-order valence-corrected chi connectivity index (χ3v) is 3.00. The minimum atomic E-state index is 0.00837. The number of ether oxygens (including phenoxy) is 1. The van der Waals surface area contributed by atoms with Crippen LogP contribution in [0.25, 0.3) is 11.1 Å². The van der Waals surface area contributed by atoms with Crippen LogP contribution in [0.1, 0.15) is 23.2 Å². The molecule has 0 unspecified atom stereocenters. The zero-order chi connectivity index (χ0) is 12.4. The highest BCUT2D eigenvalue weighted by molar-refractivity contribution is 9.10. The van der Waals surface area contributed by atoms with Crippen LogP contribution in [0.4, 0.5) is 0 Å². The van der Waals surface area contributed by atoms with Crippen molar-refractivity contribution < 1.29 is 13.9 Å². The molecule has 0 aliphatic rings. The highest BCUT2D eigenvalue weighted by atomic mass is 79.9. The Bertz CT molecular complexity index is 562. The Kier molecular flexibility index (Phi) is 3.59. The fourth-order valence-corrected chi connectivity index (χ4v) is 2.07. The lowest BCUT2D eigenvalue weighted by Gasteiger charge is -1.96. The molecular weight excluding hydrogens is 286 g/mol. The van der Waals surface area contributed by atoms with Gasteiger partial charge >= 0.3 is 0 Å². The van der Waals surface area contributed by atoms with Crippen LogP contribution in [-0.4, -0.2) is 24.5 Å². The lowest BCUT2D eigenvalue weighted by molar-refractivity contribution is 0.101. The highest BCUT2D eigenvalue weighted by Crippen LogP contribution is 2.27. The maximum Gasteiger partial charge on any atom is 0.197 e. The summed E-state index contributed by atoms with van der Waals surface area (Å²) in [5.74, 6) is 0.622. The minimum Gasteiger partial charge on any atom is -0.439 e. The third kappa shape index (κ3) is 2.56. The number of carbonyl (C=O) groups is 1. The van der Waals surface area contributed by atoms with E-state index in [0.29, 0.717) is 35.6 Å². The zero-order valence-corrected chi connectivity index (χ0v) is 11.2. The van der Waals surface area contributed by atoms with E-state index in [2.05, 4.69) is 20.9 Å². The van der Waals surface area contributed by atoms with Crippen molar-refractivity contribution in [2.45, 2.75) is 13.3 Å². The Morgan fingerprint density at radius 3 is 2.94 bits per heavy atom. The molecule has 4 nitrogen and oxygen atoms in total. The molecule has 0 atom stereocenters. The van der Waals surface area contributed by atoms with Crippen LogP contribution in [0.3, 0.4) is 0 Å². The number of methoxy groups -OCH3 is 1. The molecule has 0 saturated carbocycles. The van der Waals surface area contributed by atoms with E-state index in [1.165, 1.54) is 6.92 Å². The van der Waals surface area contributed by atoms with E-state index >= 15 is 0 Å². The lowest BCUT2D eigenvalue weighted by atomic mass is 10.1. The first-order valence-electron chi connectivity index (χ1n) is 5.20. The van der Waals surface area contributed by atoms with Crippen molar-refractivity contribution in [2.75, 3.05) is 13.7 Å². The number of ketones is 1. The molecule has 2 rings (SSSR count). The summed E-state index contributed by atoms with van der Waals surface area (Å²) < 4.78 is 11.3. The standard InChI is InChI=1S/C12H12BrNO3/c1-7(15)8-5-9(13)12-10(6-8)14-11(17-12)3-4-16-2/h5-6H,3-4H2,1-2H3. The summed E-state index contributed by atoms with van der Waals surface area (Å²) in [6, 6.07) is 3.48. The molecule has 0 amide bonds. The summed E-state index contributed by atoms with van der Waals surface area (Å²) in [5, 5.41) is 0. The first-order chi connectivity index (χ1) is 8.11. The van der Waals surface area contributed by atoms with Gasteiger partial charge < -0.3 is 9.15 Å². The molecule has 17 heavy (non-hydrogen) atoms. The molecular formula is C12H12BrNO3. The topological polar surface area (TPSA) is 52.3 Å². The number of Topliss-reactive ketones (excluding diaryl/α,β-unsaturated/α-hetero) is 1. The quantitative estimate of drug-likeness (QED) is 0.814. The Balaban J connectivity index is 2.45. The van der Waals surface area contributed by atoms with Crippen LogP contribution < -0.4 is 0 Å². The smallest absolute Gasteiger partial charge is 0.197 e. The Labute approximate surface area is 107 Å². The largest absolute Gasteiger partial charge is 0.439 e. The van der Waals surface area contributed by atoms with E-state index in [1.807, 2.05) is 0 Å². The summed E-state index contributed by atoms with van der Waals surface area (Å²) in [4.78, 5) is 15.6. The van der Waals surface area contributed by atoms with Gasteiger partial charge in [-0.3, -0.25) is 4.79 Å². The van der Waals surface area contributed by atoms with Crippen molar-refractivity contribution in [3.05, 3.63) is 28.1 Å². The fraction of sp³-hybridized carbons (Fsp3) is 0.333. The molecule has 0 N–H and O–H groups in total. The van der Waals surface area contributed by atoms with E-state index in [4.69, 9.17) is 9.15 Å². The molecule has 0 bridgehead atoms. The Morgan fingerprint density at radius 2 is 2.29 bits per heavy atom. The van der Waals surface area contributed by atoms with Gasteiger partial charge in [0.05, 0.1) is 11.1 Å². The summed E-state index contributed by atoms with van der Waals surface area (Å²) in [6.45, 7) is 2.09. The molecule has 0 aliphatic carbocycles. The van der Waals surface area contributed by atoms with Gasteiger partial charge in [0.15, 0.2) is 17.3 Å². The van der Waals surface area contributed by atoms with Gasteiger partial charge in [-0.2, -0.15) is 0 Å². The summed E-state index contributed by atoms with van der Waals surface area (Å²) in [6.07, 6.45) is 0.618. The number of aromatic nitrogens is 1. The summed E-state index contributed by atoms with van der Waals surface area (Å²) >= 11 is 3.38. The van der Waals surface area contributed by atoms with Crippen LogP contribution in [0.15, 0.2) is 21.0 Å². The number of fused-ring (bicyclic) bond motifs is 1. The number of carbonyl (C=O) groups excluding carboxylic acids is 1. The lowest BCUT2D eigenvalue weighted by Crippen LogP contribution is -1.94. The second-order valence-corrected chi connectivity index (χ2v) is 4.57. The van der Waals surface area contributed by atoms with Crippen molar-refractivity contribution in [2.24, 2.45) is 0 Å². The summed E-state index contributed by atoms with van der Waals surface area (Å²) in [7, 11) is 1.63. The molecule has 90 valence electrons. The van der Waals surface area contributed by atoms with Crippen molar-refractivity contribution in [1.29, 1.82) is 0 Å². The van der Waals surface area contributed by atoms with Crippen molar-refractivity contribution in [3.63, 3.8) is 0 Å². The number of nitrogens with zero attached hydrogens (tertiary/aromatic N) is 1. The van der Waals surface area contributed by atoms with Crippen LogP contribution in [0, 0.1) is 0 Å². The highest BCUT2D eigenvalue weighted by Gasteiger charge is 2.12. The van der Waals surface area contributed by atoms with E-state index in [-0.39, 0.29) is 5.78 Å². The molecule has 1 aromatic carbocycles. The van der Waals surface area contributed by atoms with Gasteiger partial charge in [0.25, 0.3) is 0 Å². The fourth-order valence-electron chi connectivity index (χ4n) is 1.54. The van der Waals surface area contributed by atoms with Gasteiger partial charge in [0.2, 0.25) is 0 Å². The molecule has 0 spiro atoms. The van der Waals surface area contributed by atoms with Gasteiger partial charge in [-0.1, -0.05) is 0 Å². The molecule has 1 aromatic heterocycles. The van der Waals surface area contributed by atoms with E-state index in [0.717, 1.165) is 4.47 Å². The predicted octanol–water partition coefficient (Wildman–Crippen LogP) is 2.98. The predicted molar refractivity (Wildman–Crippen MR) is 67.3 cm³/mol. The van der Waals surface area contributed by atoms with Gasteiger partial charge in [-0.05, 0) is 35.0 Å². The zero-order valence-electron chi connectivity index (χ0n) is 9.62. The number of hydrogen-bond donors (Lipinski definition) is 0. The summed E-state index contributed by atoms with van der Waals surface area (Å²) in [5.41, 5.74) is 1.98. The molecule has 0 saturated heterocycles. The first-order valence-corrected chi connectivity index (χ1v) is 6.00. The second kappa shape index (κ2) is 4.98. The maximum atomic E-state index is 11.3. The normalized spacial score (nSPS) is 11.0. The first kappa shape index (κ1) is 12.3. The van der Waals surface area contributed by atoms with Crippen LogP contribution >= 0.6 is 15.9 Å². The van der Waals surface area contributed by atoms with E-state index in [1.54, 1.807) is 19.2 Å². The number of benzene rings is 1. The van der Waals surface area contributed by atoms with Crippen LogP contribution in [0.5, 0.6) is 0 Å². The Morgan fingerprint density at radius 1 is 1.53 bits per heavy atom. The number of oxazole rings is 1. The average molecular weight is 298 g/mol. The van der Waals surface area contributed by atoms with E-state index in [9.17, 15) is 4.79 Å². The number of rotatable bonds is 4. The molecule has 0 radical (unpaired) electrons. The SMILES string of the molecule is COCCc1nc2cc(C(C)=O)cc(Br)c2o1. The number of halogens is 1. The van der Waals surface area contributed by atoms with Gasteiger partial charge in [-0.25, -0.2) is 4.98 Å². The molecule has 0 aliphatic heterocycles. The monoisotopic (exact) mass is 297 g/mol. The van der Waals surface area contributed by atoms with E-state index < -0.39 is 0 Å². The van der Waals surface area contributed by atoms with Gasteiger partial charge in [0, 0.05) is 19.1 Å².